The van der Waals surface area contributed by atoms with Crippen LogP contribution in [0.3, 0.4) is 0 Å². The number of nitrogens with one attached hydrogen (secondary N) is 2. The molecule has 0 aliphatic carbocycles. The number of pyridine rings is 1. The standard InChI is InChI=1S/C24H23N3O2/c28-24(29)15-21-14-20(12-13-25-21)27-19-10-8-17(9-11-19)4-3-5-18-16-26-23-7-2-1-6-22(18)23/h1-2,6-14,16,26H,3-5,15H2,(H,25,27)(H,28,29). The number of hydrogen-bond donors (Lipinski definition) is 3. The molecule has 29 heavy (non-hydrogen) atoms. The molecule has 4 rings (SSSR count). The molecule has 0 aliphatic heterocycles. The van der Waals surface area contributed by atoms with Crippen LogP contribution in [0.2, 0.25) is 0 Å². The Morgan fingerprint density at radius 3 is 2.66 bits per heavy atom. The van der Waals surface area contributed by atoms with Crippen molar-refractivity contribution < 1.29 is 9.90 Å². The van der Waals surface area contributed by atoms with E-state index in [0.29, 0.717) is 5.69 Å². The van der Waals surface area contributed by atoms with Crippen molar-refractivity contribution in [1.29, 1.82) is 0 Å². The number of carboxylic acid groups (broad SMARTS) is 1. The molecule has 146 valence electrons. The Bertz CT molecular complexity index is 1120. The van der Waals surface area contributed by atoms with Crippen molar-refractivity contribution in [3.05, 3.63) is 89.9 Å². The molecule has 0 atom stereocenters. The number of nitrogens with zero attached hydrogens (tertiary/aromatic N) is 1. The number of aromatic amines is 1. The van der Waals surface area contributed by atoms with Crippen molar-refractivity contribution in [2.24, 2.45) is 0 Å². The summed E-state index contributed by atoms with van der Waals surface area (Å²) in [5.41, 5.74) is 6.21. The van der Waals surface area contributed by atoms with Gasteiger partial charge in [-0.2, -0.15) is 0 Å². The highest BCUT2D eigenvalue weighted by Gasteiger charge is 2.05. The summed E-state index contributed by atoms with van der Waals surface area (Å²) in [5, 5.41) is 13.5. The number of fused-ring (bicyclic) bond motifs is 1. The number of aryl methyl sites for hydroxylation is 2. The van der Waals surface area contributed by atoms with Gasteiger partial charge in [-0.05, 0) is 60.7 Å². The molecule has 5 nitrogen and oxygen atoms in total. The van der Waals surface area contributed by atoms with Gasteiger partial charge in [-0.1, -0.05) is 30.3 Å². The zero-order valence-electron chi connectivity index (χ0n) is 16.1. The van der Waals surface area contributed by atoms with E-state index in [-0.39, 0.29) is 6.42 Å². The lowest BCUT2D eigenvalue weighted by atomic mass is 10.0. The minimum Gasteiger partial charge on any atom is -0.481 e. The number of aromatic nitrogens is 2. The summed E-state index contributed by atoms with van der Waals surface area (Å²) in [6.45, 7) is 0. The maximum absolute atomic E-state index is 10.8. The summed E-state index contributed by atoms with van der Waals surface area (Å²) in [6, 6.07) is 20.4. The van der Waals surface area contributed by atoms with Gasteiger partial charge in [-0.3, -0.25) is 9.78 Å². The molecule has 0 fully saturated rings. The van der Waals surface area contributed by atoms with Crippen LogP contribution in [-0.2, 0) is 24.1 Å². The van der Waals surface area contributed by atoms with Crippen molar-refractivity contribution in [3.8, 4) is 0 Å². The molecule has 2 aromatic carbocycles. The molecule has 0 radical (unpaired) electrons. The molecule has 2 aromatic heterocycles. The molecule has 0 saturated heterocycles. The summed E-state index contributed by atoms with van der Waals surface area (Å²) in [7, 11) is 0. The number of benzene rings is 2. The number of anilines is 2. The summed E-state index contributed by atoms with van der Waals surface area (Å²) in [6.07, 6.45) is 6.83. The van der Waals surface area contributed by atoms with E-state index < -0.39 is 5.97 Å². The van der Waals surface area contributed by atoms with Gasteiger partial charge < -0.3 is 15.4 Å². The summed E-state index contributed by atoms with van der Waals surface area (Å²) >= 11 is 0. The van der Waals surface area contributed by atoms with E-state index in [1.165, 1.54) is 22.0 Å². The first-order valence-electron chi connectivity index (χ1n) is 9.75. The Labute approximate surface area is 169 Å². The van der Waals surface area contributed by atoms with Crippen molar-refractivity contribution in [2.45, 2.75) is 25.7 Å². The summed E-state index contributed by atoms with van der Waals surface area (Å²) < 4.78 is 0. The maximum Gasteiger partial charge on any atom is 0.309 e. The molecule has 0 amide bonds. The fourth-order valence-electron chi connectivity index (χ4n) is 3.55. The lowest BCUT2D eigenvalue weighted by Crippen LogP contribution is -2.02. The topological polar surface area (TPSA) is 78.0 Å². The lowest BCUT2D eigenvalue weighted by Gasteiger charge is -2.09. The predicted octanol–water partition coefficient (Wildman–Crippen LogP) is 5.11. The summed E-state index contributed by atoms with van der Waals surface area (Å²) in [5.74, 6) is -0.883. The number of carbonyl (C=O) groups is 1. The highest BCUT2D eigenvalue weighted by atomic mass is 16.4. The molecular weight excluding hydrogens is 362 g/mol. The van der Waals surface area contributed by atoms with Crippen LogP contribution in [0.1, 0.15) is 23.2 Å². The van der Waals surface area contributed by atoms with Crippen molar-refractivity contribution in [2.75, 3.05) is 5.32 Å². The highest BCUT2D eigenvalue weighted by Crippen LogP contribution is 2.21. The van der Waals surface area contributed by atoms with E-state index in [9.17, 15) is 4.79 Å². The molecule has 5 heteroatoms. The van der Waals surface area contributed by atoms with Gasteiger partial charge in [0.25, 0.3) is 0 Å². The Balaban J connectivity index is 1.33. The molecule has 4 aromatic rings. The van der Waals surface area contributed by atoms with Crippen LogP contribution in [-0.4, -0.2) is 21.0 Å². The second-order valence-corrected chi connectivity index (χ2v) is 7.14. The minimum absolute atomic E-state index is 0.0785. The fraction of sp³-hybridized carbons (Fsp3) is 0.167. The van der Waals surface area contributed by atoms with Crippen LogP contribution >= 0.6 is 0 Å². The first-order chi connectivity index (χ1) is 14.2. The Hall–Kier alpha value is -3.60. The second kappa shape index (κ2) is 8.61. The molecule has 0 unspecified atom stereocenters. The minimum atomic E-state index is -0.883. The molecule has 3 N–H and O–H groups in total. The molecule has 0 bridgehead atoms. The van der Waals surface area contributed by atoms with Gasteiger partial charge in [-0.25, -0.2) is 0 Å². The maximum atomic E-state index is 10.8. The predicted molar refractivity (Wildman–Crippen MR) is 116 cm³/mol. The number of para-hydroxylation sites is 1. The average molecular weight is 385 g/mol. The van der Waals surface area contributed by atoms with Gasteiger partial charge in [0.05, 0.1) is 12.1 Å². The smallest absolute Gasteiger partial charge is 0.309 e. The number of rotatable bonds is 8. The third-order valence-corrected chi connectivity index (χ3v) is 4.98. The number of hydrogen-bond acceptors (Lipinski definition) is 3. The van der Waals surface area contributed by atoms with E-state index in [1.54, 1.807) is 12.3 Å². The Kier molecular flexibility index (Phi) is 5.56. The quantitative estimate of drug-likeness (QED) is 0.394. The fourth-order valence-corrected chi connectivity index (χ4v) is 3.55. The summed E-state index contributed by atoms with van der Waals surface area (Å²) in [4.78, 5) is 18.3. The van der Waals surface area contributed by atoms with E-state index >= 15 is 0 Å². The second-order valence-electron chi connectivity index (χ2n) is 7.14. The van der Waals surface area contributed by atoms with Gasteiger partial charge in [-0.15, -0.1) is 0 Å². The molecule has 0 spiro atoms. The van der Waals surface area contributed by atoms with Crippen LogP contribution in [0.4, 0.5) is 11.4 Å². The zero-order chi connectivity index (χ0) is 20.1. The number of carboxylic acids is 1. The van der Waals surface area contributed by atoms with Gasteiger partial charge in [0.2, 0.25) is 0 Å². The van der Waals surface area contributed by atoms with Crippen LogP contribution < -0.4 is 5.32 Å². The SMILES string of the molecule is O=C(O)Cc1cc(Nc2ccc(CCCc3c[nH]c4ccccc34)cc2)ccn1. The monoisotopic (exact) mass is 385 g/mol. The average Bonchev–Trinajstić information content (AvgIpc) is 3.12. The van der Waals surface area contributed by atoms with Crippen molar-refractivity contribution in [1.82, 2.24) is 9.97 Å². The third kappa shape index (κ3) is 4.82. The molecule has 0 saturated carbocycles. The first-order valence-corrected chi connectivity index (χ1v) is 9.75. The van der Waals surface area contributed by atoms with Gasteiger partial charge >= 0.3 is 5.97 Å². The highest BCUT2D eigenvalue weighted by molar-refractivity contribution is 5.83. The van der Waals surface area contributed by atoms with Gasteiger partial charge in [0.15, 0.2) is 0 Å². The Morgan fingerprint density at radius 1 is 1.00 bits per heavy atom. The molecule has 2 heterocycles. The van der Waals surface area contributed by atoms with Crippen molar-refractivity contribution >= 4 is 28.2 Å². The van der Waals surface area contributed by atoms with Crippen LogP contribution in [0.5, 0.6) is 0 Å². The van der Waals surface area contributed by atoms with Crippen LogP contribution in [0, 0.1) is 0 Å². The third-order valence-electron chi connectivity index (χ3n) is 4.98. The zero-order valence-corrected chi connectivity index (χ0v) is 16.1. The van der Waals surface area contributed by atoms with Crippen LogP contribution in [0.25, 0.3) is 10.9 Å². The number of H-pyrrole nitrogens is 1. The van der Waals surface area contributed by atoms with Crippen LogP contribution in [0.15, 0.2) is 73.1 Å². The van der Waals surface area contributed by atoms with E-state index in [2.05, 4.69) is 70.0 Å². The molecular formula is C24H23N3O2. The van der Waals surface area contributed by atoms with E-state index in [4.69, 9.17) is 5.11 Å². The van der Waals surface area contributed by atoms with Gasteiger partial charge in [0.1, 0.15) is 0 Å². The normalized spacial score (nSPS) is 10.9. The van der Waals surface area contributed by atoms with E-state index in [0.717, 1.165) is 30.6 Å². The van der Waals surface area contributed by atoms with E-state index in [1.807, 2.05) is 6.07 Å². The van der Waals surface area contributed by atoms with Crippen molar-refractivity contribution in [3.63, 3.8) is 0 Å². The largest absolute Gasteiger partial charge is 0.481 e. The first kappa shape index (κ1) is 18.7. The van der Waals surface area contributed by atoms with Gasteiger partial charge in [0, 0.05) is 34.7 Å². The lowest BCUT2D eigenvalue weighted by molar-refractivity contribution is -0.136. The molecule has 0 aliphatic rings. The Morgan fingerprint density at radius 2 is 1.83 bits per heavy atom. The number of aliphatic carboxylic acids is 1.